The van der Waals surface area contributed by atoms with Crippen molar-refractivity contribution in [2.24, 2.45) is 0 Å². The van der Waals surface area contributed by atoms with E-state index in [9.17, 15) is 0 Å². The van der Waals surface area contributed by atoms with E-state index in [0.717, 1.165) is 16.4 Å². The third-order valence-electron chi connectivity index (χ3n) is 2.80. The fourth-order valence-corrected chi connectivity index (χ4v) is 2.17. The first kappa shape index (κ1) is 12.5. The highest BCUT2D eigenvalue weighted by atomic mass is 127. The van der Waals surface area contributed by atoms with Gasteiger partial charge in [0.2, 0.25) is 0 Å². The second-order valence-corrected chi connectivity index (χ2v) is 5.16. The van der Waals surface area contributed by atoms with E-state index in [2.05, 4.69) is 32.6 Å². The Kier molecular flexibility index (Phi) is 3.99. The number of methoxy groups -OCH3 is 1. The number of halogens is 2. The first-order chi connectivity index (χ1) is 7.68. The van der Waals surface area contributed by atoms with Crippen molar-refractivity contribution in [2.75, 3.05) is 20.3 Å². The fourth-order valence-electron chi connectivity index (χ4n) is 1.79. The Bertz CT molecular complexity index is 383. The SMILES string of the molecule is COC1(c2ncc(I)c(Cl)n2)CCOCC1. The molecular weight excluding hydrogens is 342 g/mol. The van der Waals surface area contributed by atoms with Gasteiger partial charge < -0.3 is 9.47 Å². The molecule has 0 unspecified atom stereocenters. The Hall–Kier alpha value is 0.0200. The van der Waals surface area contributed by atoms with Gasteiger partial charge in [-0.3, -0.25) is 0 Å². The van der Waals surface area contributed by atoms with Crippen LogP contribution in [0.25, 0.3) is 0 Å². The lowest BCUT2D eigenvalue weighted by Gasteiger charge is -2.34. The number of ether oxygens (including phenoxy) is 2. The lowest BCUT2D eigenvalue weighted by Crippen LogP contribution is -2.37. The zero-order valence-electron chi connectivity index (χ0n) is 8.87. The van der Waals surface area contributed by atoms with Crippen LogP contribution in [0.2, 0.25) is 5.15 Å². The number of aromatic nitrogens is 2. The predicted molar refractivity (Wildman–Crippen MR) is 68.5 cm³/mol. The minimum Gasteiger partial charge on any atom is -0.381 e. The van der Waals surface area contributed by atoms with Crippen LogP contribution >= 0.6 is 34.2 Å². The molecule has 0 saturated carbocycles. The molecule has 4 nitrogen and oxygen atoms in total. The summed E-state index contributed by atoms with van der Waals surface area (Å²) in [5, 5.41) is 0.480. The number of rotatable bonds is 2. The molecule has 1 fully saturated rings. The molecule has 1 aromatic heterocycles. The Morgan fingerprint density at radius 2 is 2.19 bits per heavy atom. The van der Waals surface area contributed by atoms with E-state index in [4.69, 9.17) is 21.1 Å². The van der Waals surface area contributed by atoms with E-state index < -0.39 is 5.60 Å². The zero-order valence-corrected chi connectivity index (χ0v) is 11.8. The first-order valence-electron chi connectivity index (χ1n) is 4.99. The molecule has 0 aliphatic carbocycles. The predicted octanol–water partition coefficient (Wildman–Crippen LogP) is 2.39. The Morgan fingerprint density at radius 3 is 2.75 bits per heavy atom. The Labute approximate surface area is 113 Å². The summed E-state index contributed by atoms with van der Waals surface area (Å²) in [4.78, 5) is 8.63. The Morgan fingerprint density at radius 1 is 1.50 bits per heavy atom. The smallest absolute Gasteiger partial charge is 0.162 e. The molecule has 16 heavy (non-hydrogen) atoms. The molecule has 0 radical (unpaired) electrons. The van der Waals surface area contributed by atoms with Gasteiger partial charge in [0.1, 0.15) is 10.8 Å². The largest absolute Gasteiger partial charge is 0.381 e. The zero-order chi connectivity index (χ0) is 11.6. The van der Waals surface area contributed by atoms with Gasteiger partial charge in [-0.1, -0.05) is 11.6 Å². The van der Waals surface area contributed by atoms with E-state index in [1.807, 2.05) is 0 Å². The van der Waals surface area contributed by atoms with Gasteiger partial charge in [-0.15, -0.1) is 0 Å². The molecule has 0 spiro atoms. The molecule has 1 aliphatic heterocycles. The normalized spacial score (nSPS) is 19.7. The second-order valence-electron chi connectivity index (χ2n) is 3.64. The molecule has 0 amide bonds. The van der Waals surface area contributed by atoms with Crippen molar-refractivity contribution in [3.05, 3.63) is 20.7 Å². The fraction of sp³-hybridized carbons (Fsp3) is 0.600. The molecule has 88 valence electrons. The van der Waals surface area contributed by atoms with Crippen molar-refractivity contribution in [2.45, 2.75) is 18.4 Å². The molecule has 6 heteroatoms. The number of hydrogen-bond acceptors (Lipinski definition) is 4. The highest BCUT2D eigenvalue weighted by Crippen LogP contribution is 2.34. The van der Waals surface area contributed by atoms with E-state index in [0.29, 0.717) is 24.2 Å². The summed E-state index contributed by atoms with van der Waals surface area (Å²) in [6.45, 7) is 1.33. The molecule has 0 bridgehead atoms. The van der Waals surface area contributed by atoms with Crippen molar-refractivity contribution in [3.8, 4) is 0 Å². The summed E-state index contributed by atoms with van der Waals surface area (Å²) in [6.07, 6.45) is 3.25. The standard InChI is InChI=1S/C10H12ClIN2O2/c1-15-10(2-4-16-5-3-10)9-13-6-7(12)8(11)14-9/h6H,2-5H2,1H3. The van der Waals surface area contributed by atoms with E-state index in [1.54, 1.807) is 13.3 Å². The molecule has 1 aliphatic rings. The quantitative estimate of drug-likeness (QED) is 0.604. The van der Waals surface area contributed by atoms with Crippen LogP contribution in [0.15, 0.2) is 6.20 Å². The minimum atomic E-state index is -0.438. The third kappa shape index (κ3) is 2.32. The van der Waals surface area contributed by atoms with Crippen LogP contribution < -0.4 is 0 Å². The van der Waals surface area contributed by atoms with Gasteiger partial charge in [0.25, 0.3) is 0 Å². The van der Waals surface area contributed by atoms with Crippen LogP contribution in [-0.4, -0.2) is 30.3 Å². The highest BCUT2D eigenvalue weighted by molar-refractivity contribution is 14.1. The molecule has 0 aromatic carbocycles. The first-order valence-corrected chi connectivity index (χ1v) is 6.45. The van der Waals surface area contributed by atoms with Gasteiger partial charge >= 0.3 is 0 Å². The van der Waals surface area contributed by atoms with Crippen molar-refractivity contribution in [1.82, 2.24) is 9.97 Å². The highest BCUT2D eigenvalue weighted by Gasteiger charge is 2.37. The van der Waals surface area contributed by atoms with Crippen LogP contribution in [0.5, 0.6) is 0 Å². The monoisotopic (exact) mass is 354 g/mol. The molecule has 0 atom stereocenters. The molecular formula is C10H12ClIN2O2. The van der Waals surface area contributed by atoms with Crippen LogP contribution in [0.3, 0.4) is 0 Å². The van der Waals surface area contributed by atoms with Gasteiger partial charge in [-0.05, 0) is 22.6 Å². The van der Waals surface area contributed by atoms with Gasteiger partial charge in [0.05, 0.1) is 3.57 Å². The van der Waals surface area contributed by atoms with E-state index in [1.165, 1.54) is 0 Å². The van der Waals surface area contributed by atoms with Crippen molar-refractivity contribution in [3.63, 3.8) is 0 Å². The molecule has 1 saturated heterocycles. The van der Waals surface area contributed by atoms with Crippen LogP contribution in [-0.2, 0) is 15.1 Å². The topological polar surface area (TPSA) is 44.2 Å². The van der Waals surface area contributed by atoms with E-state index >= 15 is 0 Å². The summed E-state index contributed by atoms with van der Waals surface area (Å²) in [7, 11) is 1.68. The summed E-state index contributed by atoms with van der Waals surface area (Å²) in [5.41, 5.74) is -0.438. The summed E-state index contributed by atoms with van der Waals surface area (Å²) >= 11 is 8.11. The van der Waals surface area contributed by atoms with Gasteiger partial charge in [-0.2, -0.15) is 0 Å². The van der Waals surface area contributed by atoms with Crippen molar-refractivity contribution < 1.29 is 9.47 Å². The van der Waals surface area contributed by atoms with Gasteiger partial charge in [-0.25, -0.2) is 9.97 Å². The average molecular weight is 355 g/mol. The van der Waals surface area contributed by atoms with Gasteiger partial charge in [0.15, 0.2) is 5.82 Å². The van der Waals surface area contributed by atoms with Crippen LogP contribution in [0.4, 0.5) is 0 Å². The molecule has 1 aromatic rings. The second kappa shape index (κ2) is 5.12. The van der Waals surface area contributed by atoms with Crippen molar-refractivity contribution in [1.29, 1.82) is 0 Å². The van der Waals surface area contributed by atoms with E-state index in [-0.39, 0.29) is 0 Å². The number of hydrogen-bond donors (Lipinski definition) is 0. The van der Waals surface area contributed by atoms with Crippen LogP contribution in [0.1, 0.15) is 18.7 Å². The lowest BCUT2D eigenvalue weighted by atomic mass is 9.93. The minimum absolute atomic E-state index is 0.438. The molecule has 0 N–H and O–H groups in total. The van der Waals surface area contributed by atoms with Crippen molar-refractivity contribution >= 4 is 34.2 Å². The third-order valence-corrected chi connectivity index (χ3v) is 4.20. The Balaban J connectivity index is 2.35. The summed E-state index contributed by atoms with van der Waals surface area (Å²) in [5.74, 6) is 0.656. The summed E-state index contributed by atoms with van der Waals surface area (Å²) in [6, 6.07) is 0. The average Bonchev–Trinajstić information content (AvgIpc) is 2.33. The van der Waals surface area contributed by atoms with Gasteiger partial charge in [0, 0.05) is 39.4 Å². The maximum Gasteiger partial charge on any atom is 0.162 e. The lowest BCUT2D eigenvalue weighted by molar-refractivity contribution is -0.1000. The molecule has 2 heterocycles. The van der Waals surface area contributed by atoms with Crippen LogP contribution in [0, 0.1) is 3.57 Å². The summed E-state index contributed by atoms with van der Waals surface area (Å²) < 4.78 is 11.8. The number of nitrogens with zero attached hydrogens (tertiary/aromatic N) is 2. The maximum absolute atomic E-state index is 6.01. The molecule has 2 rings (SSSR count). The maximum atomic E-state index is 6.01.